The van der Waals surface area contributed by atoms with Crippen molar-refractivity contribution in [3.8, 4) is 0 Å². The van der Waals surface area contributed by atoms with Gasteiger partial charge in [-0.25, -0.2) is 0 Å². The monoisotopic (exact) mass is 283 g/mol. The van der Waals surface area contributed by atoms with E-state index in [2.05, 4.69) is 4.90 Å². The maximum absolute atomic E-state index is 12.5. The van der Waals surface area contributed by atoms with Crippen molar-refractivity contribution in [2.45, 2.75) is 19.3 Å². The number of hydrogen-bond acceptors (Lipinski definition) is 4. The topological polar surface area (TPSA) is 86.9 Å². The number of nitrogens with zero attached hydrogens (tertiary/aromatic N) is 2. The van der Waals surface area contributed by atoms with Crippen LogP contribution in [0.15, 0.2) is 0 Å². The fourth-order valence-electron chi connectivity index (χ4n) is 3.26. The first-order chi connectivity index (χ1) is 9.39. The van der Waals surface area contributed by atoms with E-state index in [1.54, 1.807) is 4.90 Å². The highest BCUT2D eigenvalue weighted by Crippen LogP contribution is 2.47. The fraction of sp³-hybridized carbons (Fsp3) is 0.857. The van der Waals surface area contributed by atoms with Crippen LogP contribution in [0.4, 0.5) is 0 Å². The van der Waals surface area contributed by atoms with Gasteiger partial charge in [-0.2, -0.15) is 0 Å². The van der Waals surface area contributed by atoms with Gasteiger partial charge < -0.3 is 20.6 Å². The lowest BCUT2D eigenvalue weighted by Gasteiger charge is -2.39. The smallest absolute Gasteiger partial charge is 0.238 e. The molecule has 1 aliphatic carbocycles. The van der Waals surface area contributed by atoms with E-state index in [0.29, 0.717) is 31.8 Å². The molecule has 2 amide bonds. The van der Waals surface area contributed by atoms with E-state index < -0.39 is 11.3 Å². The molecule has 0 aromatic rings. The van der Waals surface area contributed by atoms with E-state index >= 15 is 0 Å². The number of primary amides is 1. The number of likely N-dealkylation sites (tertiary alicyclic amines) is 1. The average molecular weight is 283 g/mol. The van der Waals surface area contributed by atoms with E-state index in [-0.39, 0.29) is 18.4 Å². The molecule has 2 atom stereocenters. The molecule has 2 rings (SSSR count). The SMILES string of the molecule is CN(C)C[C@H]1C[C@H](CO)CN(C(=O)C2(C(N)=O)CC2)C1. The van der Waals surface area contributed by atoms with Crippen LogP contribution in [0.25, 0.3) is 0 Å². The van der Waals surface area contributed by atoms with Gasteiger partial charge in [0.25, 0.3) is 0 Å². The summed E-state index contributed by atoms with van der Waals surface area (Å²) in [7, 11) is 4.00. The van der Waals surface area contributed by atoms with Gasteiger partial charge in [0.1, 0.15) is 5.41 Å². The third kappa shape index (κ3) is 2.96. The number of hydrogen-bond donors (Lipinski definition) is 2. The van der Waals surface area contributed by atoms with Gasteiger partial charge >= 0.3 is 0 Å². The second-order valence-electron chi connectivity index (χ2n) is 6.57. The van der Waals surface area contributed by atoms with Crippen molar-refractivity contribution < 1.29 is 14.7 Å². The lowest BCUT2D eigenvalue weighted by atomic mass is 9.88. The van der Waals surface area contributed by atoms with Gasteiger partial charge in [-0.3, -0.25) is 9.59 Å². The molecular formula is C14H25N3O3. The van der Waals surface area contributed by atoms with Gasteiger partial charge in [0.15, 0.2) is 0 Å². The highest BCUT2D eigenvalue weighted by atomic mass is 16.3. The van der Waals surface area contributed by atoms with Crippen molar-refractivity contribution >= 4 is 11.8 Å². The molecule has 1 aliphatic heterocycles. The molecule has 1 saturated heterocycles. The van der Waals surface area contributed by atoms with Gasteiger partial charge in [-0.15, -0.1) is 0 Å². The summed E-state index contributed by atoms with van der Waals surface area (Å²) in [6.07, 6.45) is 2.06. The molecule has 2 aliphatic rings. The predicted molar refractivity (Wildman–Crippen MR) is 74.7 cm³/mol. The number of amides is 2. The van der Waals surface area contributed by atoms with Crippen molar-refractivity contribution in [3.05, 3.63) is 0 Å². The summed E-state index contributed by atoms with van der Waals surface area (Å²) in [4.78, 5) is 27.9. The van der Waals surface area contributed by atoms with Gasteiger partial charge in [0, 0.05) is 26.2 Å². The summed E-state index contributed by atoms with van der Waals surface area (Å²) in [6.45, 7) is 2.15. The van der Waals surface area contributed by atoms with Crippen LogP contribution < -0.4 is 5.73 Å². The molecular weight excluding hydrogens is 258 g/mol. The lowest BCUT2D eigenvalue weighted by molar-refractivity contribution is -0.145. The molecule has 20 heavy (non-hydrogen) atoms. The van der Waals surface area contributed by atoms with Crippen molar-refractivity contribution in [1.29, 1.82) is 0 Å². The first-order valence-corrected chi connectivity index (χ1v) is 7.24. The maximum atomic E-state index is 12.5. The Morgan fingerprint density at radius 2 is 1.90 bits per heavy atom. The number of aliphatic hydroxyl groups excluding tert-OH is 1. The highest BCUT2D eigenvalue weighted by molar-refractivity contribution is 6.07. The standard InChI is InChI=1S/C14H25N3O3/c1-16(2)6-10-5-11(9-18)8-17(7-10)13(20)14(3-4-14)12(15)19/h10-11,18H,3-9H2,1-2H3,(H2,15,19)/t10-,11+/m1/s1. The van der Waals surface area contributed by atoms with Gasteiger partial charge in [-0.1, -0.05) is 0 Å². The second-order valence-corrected chi connectivity index (χ2v) is 6.57. The first-order valence-electron chi connectivity index (χ1n) is 7.24. The van der Waals surface area contributed by atoms with Gasteiger partial charge in [0.05, 0.1) is 0 Å². The van der Waals surface area contributed by atoms with E-state index in [4.69, 9.17) is 5.73 Å². The summed E-state index contributed by atoms with van der Waals surface area (Å²) in [5.74, 6) is -0.199. The Bertz CT molecular complexity index is 393. The van der Waals surface area contributed by atoms with Crippen LogP contribution in [-0.2, 0) is 9.59 Å². The molecule has 114 valence electrons. The summed E-state index contributed by atoms with van der Waals surface area (Å²) in [6, 6.07) is 0. The molecule has 0 bridgehead atoms. The summed E-state index contributed by atoms with van der Waals surface area (Å²) in [5, 5.41) is 9.43. The minimum Gasteiger partial charge on any atom is -0.396 e. The van der Waals surface area contributed by atoms with E-state index in [1.165, 1.54) is 0 Å². The van der Waals surface area contributed by atoms with Crippen LogP contribution >= 0.6 is 0 Å². The number of aliphatic hydroxyl groups is 1. The maximum Gasteiger partial charge on any atom is 0.238 e. The normalized spacial score (nSPS) is 28.5. The Labute approximate surface area is 119 Å². The van der Waals surface area contributed by atoms with Crippen LogP contribution in [0.5, 0.6) is 0 Å². The lowest BCUT2D eigenvalue weighted by Crippen LogP contribution is -2.51. The number of rotatable bonds is 5. The highest BCUT2D eigenvalue weighted by Gasteiger charge is 2.57. The molecule has 1 saturated carbocycles. The van der Waals surface area contributed by atoms with E-state index in [1.807, 2.05) is 14.1 Å². The Kier molecular flexibility index (Phi) is 4.34. The number of carbonyl (C=O) groups excluding carboxylic acids is 2. The molecule has 0 aromatic carbocycles. The van der Waals surface area contributed by atoms with Crippen LogP contribution in [-0.4, -0.2) is 67.1 Å². The van der Waals surface area contributed by atoms with E-state index in [0.717, 1.165) is 13.0 Å². The van der Waals surface area contributed by atoms with Gasteiger partial charge in [0.2, 0.25) is 11.8 Å². The molecule has 0 radical (unpaired) electrons. The molecule has 0 spiro atoms. The third-order valence-corrected chi connectivity index (χ3v) is 4.42. The first kappa shape index (κ1) is 15.3. The second kappa shape index (κ2) is 5.69. The van der Waals surface area contributed by atoms with Crippen LogP contribution in [0.3, 0.4) is 0 Å². The molecule has 2 fully saturated rings. The summed E-state index contributed by atoms with van der Waals surface area (Å²) >= 11 is 0. The number of carbonyl (C=O) groups is 2. The molecule has 6 nitrogen and oxygen atoms in total. The van der Waals surface area contributed by atoms with Crippen LogP contribution in [0.2, 0.25) is 0 Å². The molecule has 1 heterocycles. The Balaban J connectivity index is 2.06. The van der Waals surface area contributed by atoms with Crippen molar-refractivity contribution in [2.75, 3.05) is 40.3 Å². The van der Waals surface area contributed by atoms with Crippen molar-refractivity contribution in [2.24, 2.45) is 23.0 Å². The molecule has 0 unspecified atom stereocenters. The van der Waals surface area contributed by atoms with E-state index in [9.17, 15) is 14.7 Å². The molecule has 0 aromatic heterocycles. The Morgan fingerprint density at radius 1 is 1.30 bits per heavy atom. The van der Waals surface area contributed by atoms with Crippen molar-refractivity contribution in [3.63, 3.8) is 0 Å². The molecule has 6 heteroatoms. The average Bonchev–Trinajstić information content (AvgIpc) is 3.18. The van der Waals surface area contributed by atoms with Crippen LogP contribution in [0, 0.1) is 17.3 Å². The third-order valence-electron chi connectivity index (χ3n) is 4.42. The zero-order valence-corrected chi connectivity index (χ0v) is 12.3. The largest absolute Gasteiger partial charge is 0.396 e. The zero-order chi connectivity index (χ0) is 14.9. The summed E-state index contributed by atoms with van der Waals surface area (Å²) < 4.78 is 0. The van der Waals surface area contributed by atoms with Crippen LogP contribution in [0.1, 0.15) is 19.3 Å². The quantitative estimate of drug-likeness (QED) is 0.651. The Hall–Kier alpha value is -1.14. The summed E-state index contributed by atoms with van der Waals surface area (Å²) in [5.41, 5.74) is 4.43. The fourth-order valence-corrected chi connectivity index (χ4v) is 3.26. The van der Waals surface area contributed by atoms with Gasteiger partial charge in [-0.05, 0) is 45.2 Å². The number of nitrogens with two attached hydrogens (primary N) is 1. The number of piperidine rings is 1. The van der Waals surface area contributed by atoms with Crippen molar-refractivity contribution in [1.82, 2.24) is 9.80 Å². The minimum absolute atomic E-state index is 0.0806. The Morgan fingerprint density at radius 3 is 2.35 bits per heavy atom. The zero-order valence-electron chi connectivity index (χ0n) is 12.3. The minimum atomic E-state index is -0.944. The predicted octanol–water partition coefficient (Wildman–Crippen LogP) is -0.729. The molecule has 3 N–H and O–H groups in total.